The van der Waals surface area contributed by atoms with Crippen molar-refractivity contribution in [2.75, 3.05) is 6.54 Å². The van der Waals surface area contributed by atoms with Gasteiger partial charge >= 0.3 is 0 Å². The van der Waals surface area contributed by atoms with E-state index in [1.165, 1.54) is 42.4 Å². The summed E-state index contributed by atoms with van der Waals surface area (Å²) in [6, 6.07) is 6.73. The van der Waals surface area contributed by atoms with E-state index in [2.05, 4.69) is 56.5 Å². The van der Waals surface area contributed by atoms with Crippen LogP contribution in [0.2, 0.25) is 0 Å². The van der Waals surface area contributed by atoms with Crippen LogP contribution in [0.5, 0.6) is 0 Å². The lowest BCUT2D eigenvalue weighted by atomic mass is 9.89. The van der Waals surface area contributed by atoms with E-state index in [1.807, 2.05) is 0 Å². The van der Waals surface area contributed by atoms with Crippen molar-refractivity contribution in [3.63, 3.8) is 0 Å². The van der Waals surface area contributed by atoms with Gasteiger partial charge in [0.1, 0.15) is 0 Å². The van der Waals surface area contributed by atoms with Gasteiger partial charge in [-0.2, -0.15) is 0 Å². The monoisotopic (exact) mass is 288 g/mol. The molecule has 1 unspecified atom stereocenters. The zero-order chi connectivity index (χ0) is 15.5. The SMILES string of the molecule is CC(NC(=O)CNC(C)(C)C)c1ccc2c(c1)CCCC2. The first-order valence-corrected chi connectivity index (χ1v) is 8.01. The summed E-state index contributed by atoms with van der Waals surface area (Å²) in [6.07, 6.45) is 4.96. The Labute approximate surface area is 128 Å². The minimum Gasteiger partial charge on any atom is -0.348 e. The fourth-order valence-electron chi connectivity index (χ4n) is 2.74. The first-order valence-electron chi connectivity index (χ1n) is 8.01. The number of benzene rings is 1. The fraction of sp³-hybridized carbons (Fsp3) is 0.611. The predicted molar refractivity (Wildman–Crippen MR) is 87.4 cm³/mol. The maximum absolute atomic E-state index is 12.0. The first-order chi connectivity index (χ1) is 9.85. The molecule has 3 nitrogen and oxygen atoms in total. The highest BCUT2D eigenvalue weighted by molar-refractivity contribution is 5.78. The number of carbonyl (C=O) groups excluding carboxylic acids is 1. The summed E-state index contributed by atoms with van der Waals surface area (Å²) in [4.78, 5) is 12.0. The number of aryl methyl sites for hydroxylation is 2. The number of carbonyl (C=O) groups is 1. The van der Waals surface area contributed by atoms with E-state index in [-0.39, 0.29) is 17.5 Å². The smallest absolute Gasteiger partial charge is 0.234 e. The quantitative estimate of drug-likeness (QED) is 0.893. The zero-order valence-corrected chi connectivity index (χ0v) is 13.8. The van der Waals surface area contributed by atoms with Crippen LogP contribution in [0.3, 0.4) is 0 Å². The van der Waals surface area contributed by atoms with Gasteiger partial charge in [0.15, 0.2) is 0 Å². The van der Waals surface area contributed by atoms with Crippen molar-refractivity contribution in [1.29, 1.82) is 0 Å². The molecule has 0 heterocycles. The van der Waals surface area contributed by atoms with Crippen molar-refractivity contribution in [3.8, 4) is 0 Å². The molecule has 1 aliphatic rings. The first kappa shape index (κ1) is 16.0. The topological polar surface area (TPSA) is 41.1 Å². The van der Waals surface area contributed by atoms with Gasteiger partial charge in [-0.15, -0.1) is 0 Å². The second-order valence-electron chi connectivity index (χ2n) is 7.13. The molecule has 0 aromatic heterocycles. The van der Waals surface area contributed by atoms with Crippen LogP contribution in [0.15, 0.2) is 18.2 Å². The van der Waals surface area contributed by atoms with Crippen LogP contribution < -0.4 is 10.6 Å². The molecule has 0 radical (unpaired) electrons. The number of amides is 1. The van der Waals surface area contributed by atoms with Gasteiger partial charge in [-0.1, -0.05) is 18.2 Å². The molecule has 3 heteroatoms. The minimum absolute atomic E-state index is 0.0353. The number of fused-ring (bicyclic) bond motifs is 1. The highest BCUT2D eigenvalue weighted by atomic mass is 16.1. The second-order valence-corrected chi connectivity index (χ2v) is 7.13. The average molecular weight is 288 g/mol. The summed E-state index contributed by atoms with van der Waals surface area (Å²) in [6.45, 7) is 8.60. The Morgan fingerprint density at radius 2 is 1.86 bits per heavy atom. The molecule has 1 aromatic rings. The van der Waals surface area contributed by atoms with E-state index in [9.17, 15) is 4.79 Å². The van der Waals surface area contributed by atoms with Gasteiger partial charge in [-0.05, 0) is 70.1 Å². The molecular formula is C18H28N2O. The van der Waals surface area contributed by atoms with Crippen molar-refractivity contribution in [2.24, 2.45) is 0 Å². The van der Waals surface area contributed by atoms with Crippen LogP contribution in [-0.2, 0) is 17.6 Å². The van der Waals surface area contributed by atoms with Gasteiger partial charge in [-0.3, -0.25) is 4.79 Å². The predicted octanol–water partition coefficient (Wildman–Crippen LogP) is 3.13. The van der Waals surface area contributed by atoms with Crippen molar-refractivity contribution >= 4 is 5.91 Å². The van der Waals surface area contributed by atoms with Crippen LogP contribution in [0.1, 0.15) is 63.3 Å². The summed E-state index contributed by atoms with van der Waals surface area (Å²) in [5.74, 6) is 0.0511. The van der Waals surface area contributed by atoms with Crippen molar-refractivity contribution in [2.45, 2.75) is 65.0 Å². The van der Waals surface area contributed by atoms with E-state index in [0.717, 1.165) is 0 Å². The third kappa shape index (κ3) is 4.85. The molecule has 1 amide bonds. The van der Waals surface area contributed by atoms with Gasteiger partial charge in [0.2, 0.25) is 5.91 Å². The van der Waals surface area contributed by atoms with Gasteiger partial charge in [0.25, 0.3) is 0 Å². The molecule has 1 aliphatic carbocycles. The molecule has 2 N–H and O–H groups in total. The second kappa shape index (κ2) is 6.61. The molecule has 0 saturated heterocycles. The molecule has 2 rings (SSSR count). The summed E-state index contributed by atoms with van der Waals surface area (Å²) in [5, 5.41) is 6.29. The van der Waals surface area contributed by atoms with Crippen molar-refractivity contribution in [3.05, 3.63) is 34.9 Å². The Morgan fingerprint density at radius 3 is 2.52 bits per heavy atom. The molecular weight excluding hydrogens is 260 g/mol. The Balaban J connectivity index is 1.94. The highest BCUT2D eigenvalue weighted by Gasteiger charge is 2.15. The number of nitrogens with one attached hydrogen (secondary N) is 2. The van der Waals surface area contributed by atoms with Crippen molar-refractivity contribution in [1.82, 2.24) is 10.6 Å². The summed E-state index contributed by atoms with van der Waals surface area (Å²) in [7, 11) is 0. The van der Waals surface area contributed by atoms with E-state index < -0.39 is 0 Å². The zero-order valence-electron chi connectivity index (χ0n) is 13.8. The molecule has 0 saturated carbocycles. The molecule has 1 atom stereocenters. The molecule has 0 spiro atoms. The number of hydrogen-bond acceptors (Lipinski definition) is 2. The minimum atomic E-state index is -0.0353. The van der Waals surface area contributed by atoms with Crippen LogP contribution in [-0.4, -0.2) is 18.0 Å². The average Bonchev–Trinajstić information content (AvgIpc) is 2.44. The summed E-state index contributed by atoms with van der Waals surface area (Å²) >= 11 is 0. The largest absolute Gasteiger partial charge is 0.348 e. The molecule has 21 heavy (non-hydrogen) atoms. The normalized spacial score (nSPS) is 16.2. The van der Waals surface area contributed by atoms with E-state index in [4.69, 9.17) is 0 Å². The summed E-state index contributed by atoms with van der Waals surface area (Å²) in [5.41, 5.74) is 4.12. The van der Waals surface area contributed by atoms with E-state index in [0.29, 0.717) is 6.54 Å². The third-order valence-corrected chi connectivity index (χ3v) is 4.03. The van der Waals surface area contributed by atoms with Crippen molar-refractivity contribution < 1.29 is 4.79 Å². The number of rotatable bonds is 4. The molecule has 116 valence electrons. The van der Waals surface area contributed by atoms with E-state index >= 15 is 0 Å². The standard InChI is InChI=1S/C18H28N2O/c1-13(20-17(21)12-19-18(2,3)4)15-10-9-14-7-5-6-8-16(14)11-15/h9-11,13,19H,5-8,12H2,1-4H3,(H,20,21). The molecule has 0 fully saturated rings. The Hall–Kier alpha value is -1.35. The lowest BCUT2D eigenvalue weighted by Gasteiger charge is -2.22. The van der Waals surface area contributed by atoms with E-state index in [1.54, 1.807) is 0 Å². The third-order valence-electron chi connectivity index (χ3n) is 4.03. The lowest BCUT2D eigenvalue weighted by molar-refractivity contribution is -0.121. The Morgan fingerprint density at radius 1 is 1.19 bits per heavy atom. The van der Waals surface area contributed by atoms with Gasteiger partial charge < -0.3 is 10.6 Å². The Bertz CT molecular complexity index is 502. The Kier molecular flexibility index (Phi) is 5.04. The summed E-state index contributed by atoms with van der Waals surface area (Å²) < 4.78 is 0. The maximum Gasteiger partial charge on any atom is 0.234 e. The number of hydrogen-bond donors (Lipinski definition) is 2. The molecule has 1 aromatic carbocycles. The van der Waals surface area contributed by atoms with Gasteiger partial charge in [-0.25, -0.2) is 0 Å². The fourth-order valence-corrected chi connectivity index (χ4v) is 2.74. The van der Waals surface area contributed by atoms with Gasteiger partial charge in [0.05, 0.1) is 12.6 Å². The lowest BCUT2D eigenvalue weighted by Crippen LogP contribution is -2.43. The van der Waals surface area contributed by atoms with Crippen LogP contribution in [0, 0.1) is 0 Å². The highest BCUT2D eigenvalue weighted by Crippen LogP contribution is 2.24. The van der Waals surface area contributed by atoms with Crippen LogP contribution in [0.25, 0.3) is 0 Å². The molecule has 0 bridgehead atoms. The van der Waals surface area contributed by atoms with Gasteiger partial charge in [0, 0.05) is 5.54 Å². The van der Waals surface area contributed by atoms with Crippen LogP contribution in [0.4, 0.5) is 0 Å². The maximum atomic E-state index is 12.0. The van der Waals surface area contributed by atoms with Crippen LogP contribution >= 0.6 is 0 Å². The molecule has 0 aliphatic heterocycles.